The van der Waals surface area contributed by atoms with Crippen LogP contribution in [0.3, 0.4) is 0 Å². The van der Waals surface area contributed by atoms with Crippen LogP contribution in [0.2, 0.25) is 0 Å². The van der Waals surface area contributed by atoms with Gasteiger partial charge in [-0.3, -0.25) is 0 Å². The second-order valence-electron chi connectivity index (χ2n) is 6.54. The quantitative estimate of drug-likeness (QED) is 0.247. The molecule has 0 bridgehead atoms. The summed E-state index contributed by atoms with van der Waals surface area (Å²) < 4.78 is 9.81. The third-order valence-corrected chi connectivity index (χ3v) is 6.28. The Bertz CT molecular complexity index is 1390. The van der Waals surface area contributed by atoms with Gasteiger partial charge in [-0.2, -0.15) is 0 Å². The van der Waals surface area contributed by atoms with E-state index in [-0.39, 0.29) is 11.3 Å². The van der Waals surface area contributed by atoms with Crippen molar-refractivity contribution in [3.05, 3.63) is 129 Å². The van der Waals surface area contributed by atoms with E-state index in [1.165, 1.54) is 21.9 Å². The van der Waals surface area contributed by atoms with Crippen molar-refractivity contribution in [1.82, 2.24) is 0 Å². The molecule has 0 fully saturated rings. The number of benzene rings is 2. The molecule has 0 saturated carbocycles. The highest BCUT2D eigenvalue weighted by Crippen LogP contribution is 2.28. The third-order valence-electron chi connectivity index (χ3n) is 4.34. The Labute approximate surface area is 191 Å². The molecule has 0 saturated heterocycles. The second-order valence-corrected chi connectivity index (χ2v) is 8.43. The zero-order valence-corrected chi connectivity index (χ0v) is 18.5. The van der Waals surface area contributed by atoms with Crippen LogP contribution in [0, 0.1) is 0 Å². The summed E-state index contributed by atoms with van der Waals surface area (Å²) in [4.78, 5) is 24.2. The smallest absolute Gasteiger partial charge is 0.336 e. The van der Waals surface area contributed by atoms with Gasteiger partial charge in [-0.15, -0.1) is 22.7 Å². The first kappa shape index (κ1) is 21.5. The van der Waals surface area contributed by atoms with E-state index < -0.39 is 0 Å². The molecule has 2 aromatic carbocycles. The molecule has 32 heavy (non-hydrogen) atoms. The van der Waals surface area contributed by atoms with E-state index >= 15 is 0 Å². The van der Waals surface area contributed by atoms with Crippen LogP contribution >= 0.6 is 22.7 Å². The van der Waals surface area contributed by atoms with E-state index in [0.717, 1.165) is 10.8 Å². The Hall–Kier alpha value is -3.74. The molecule has 4 aromatic heterocycles. The molecular weight excluding hydrogens is 440 g/mol. The van der Waals surface area contributed by atoms with Crippen LogP contribution in [0.1, 0.15) is 0 Å². The Kier molecular flexibility index (Phi) is 7.07. The molecule has 0 spiro atoms. The highest BCUT2D eigenvalue weighted by Gasteiger charge is 1.96. The molecule has 0 amide bonds. The molecule has 0 unspecified atom stereocenters. The zero-order valence-electron chi connectivity index (χ0n) is 16.8. The van der Waals surface area contributed by atoms with Gasteiger partial charge in [-0.05, 0) is 47.2 Å². The first-order valence-corrected chi connectivity index (χ1v) is 11.5. The van der Waals surface area contributed by atoms with Gasteiger partial charge < -0.3 is 8.83 Å². The summed E-state index contributed by atoms with van der Waals surface area (Å²) in [7, 11) is 0. The summed E-state index contributed by atoms with van der Waals surface area (Å²) in [6, 6.07) is 29.6. The van der Waals surface area contributed by atoms with Gasteiger partial charge in [-0.1, -0.05) is 48.5 Å². The molecular formula is C26H18O4S2. The minimum Gasteiger partial charge on any atom is -0.423 e. The van der Waals surface area contributed by atoms with Gasteiger partial charge in [0.05, 0.1) is 0 Å². The van der Waals surface area contributed by atoms with Crippen molar-refractivity contribution in [3.8, 4) is 9.75 Å². The minimum atomic E-state index is -0.302. The van der Waals surface area contributed by atoms with E-state index in [2.05, 4.69) is 35.0 Å². The maximum Gasteiger partial charge on any atom is 0.336 e. The SMILES string of the molecule is O=c1ccc2ccccc2o1.O=c1ccc2ccccc2o1.c1csc(-c2cccs2)c1. The molecule has 0 aliphatic heterocycles. The molecule has 0 N–H and O–H groups in total. The monoisotopic (exact) mass is 458 g/mol. The summed E-state index contributed by atoms with van der Waals surface area (Å²) in [5.41, 5.74) is 0.674. The number of fused-ring (bicyclic) bond motifs is 2. The second kappa shape index (κ2) is 10.5. The fourth-order valence-electron chi connectivity index (χ4n) is 2.86. The summed E-state index contributed by atoms with van der Waals surface area (Å²) in [6.07, 6.45) is 0. The zero-order chi connectivity index (χ0) is 22.2. The number of hydrogen-bond acceptors (Lipinski definition) is 6. The van der Waals surface area contributed by atoms with Gasteiger partial charge >= 0.3 is 11.3 Å². The maximum absolute atomic E-state index is 10.7. The molecule has 6 rings (SSSR count). The fraction of sp³-hybridized carbons (Fsp3) is 0. The molecule has 0 aliphatic rings. The van der Waals surface area contributed by atoms with Crippen LogP contribution in [0.25, 0.3) is 31.7 Å². The summed E-state index contributed by atoms with van der Waals surface area (Å²) in [5, 5.41) is 6.11. The normalized spacial score (nSPS) is 10.1. The van der Waals surface area contributed by atoms with Gasteiger partial charge in [-0.25, -0.2) is 9.59 Å². The summed E-state index contributed by atoms with van der Waals surface area (Å²) >= 11 is 3.58. The minimum absolute atomic E-state index is 0.302. The van der Waals surface area contributed by atoms with Crippen molar-refractivity contribution < 1.29 is 8.83 Å². The van der Waals surface area contributed by atoms with Crippen LogP contribution in [0.15, 0.2) is 126 Å². The number of hydrogen-bond donors (Lipinski definition) is 0. The lowest BCUT2D eigenvalue weighted by Gasteiger charge is -1.91. The lowest BCUT2D eigenvalue weighted by molar-refractivity contribution is 0.560. The molecule has 0 aliphatic carbocycles. The van der Waals surface area contributed by atoms with Crippen molar-refractivity contribution in [2.24, 2.45) is 0 Å². The van der Waals surface area contributed by atoms with Crippen molar-refractivity contribution in [3.63, 3.8) is 0 Å². The summed E-state index contributed by atoms with van der Waals surface area (Å²) in [6.45, 7) is 0. The van der Waals surface area contributed by atoms with E-state index in [4.69, 9.17) is 8.83 Å². The van der Waals surface area contributed by atoms with Crippen LogP contribution in [-0.4, -0.2) is 0 Å². The Morgan fingerprint density at radius 2 is 0.906 bits per heavy atom. The third kappa shape index (κ3) is 5.69. The van der Waals surface area contributed by atoms with Crippen LogP contribution in [-0.2, 0) is 0 Å². The molecule has 0 radical (unpaired) electrons. The van der Waals surface area contributed by atoms with Crippen molar-refractivity contribution in [2.45, 2.75) is 0 Å². The largest absolute Gasteiger partial charge is 0.423 e. The van der Waals surface area contributed by atoms with Crippen LogP contribution in [0.5, 0.6) is 0 Å². The highest BCUT2D eigenvalue weighted by atomic mass is 32.1. The van der Waals surface area contributed by atoms with Gasteiger partial charge in [0.25, 0.3) is 0 Å². The molecule has 158 valence electrons. The van der Waals surface area contributed by atoms with Gasteiger partial charge in [0, 0.05) is 32.7 Å². The highest BCUT2D eigenvalue weighted by molar-refractivity contribution is 7.20. The van der Waals surface area contributed by atoms with E-state index in [0.29, 0.717) is 11.2 Å². The topological polar surface area (TPSA) is 60.4 Å². The average Bonchev–Trinajstić information content (AvgIpc) is 3.54. The molecule has 0 atom stereocenters. The van der Waals surface area contributed by atoms with Gasteiger partial charge in [0.1, 0.15) is 11.2 Å². The predicted octanol–water partition coefficient (Wildman–Crippen LogP) is 7.06. The Morgan fingerprint density at radius 1 is 0.469 bits per heavy atom. The molecule has 4 nitrogen and oxygen atoms in total. The summed E-state index contributed by atoms with van der Waals surface area (Å²) in [5.74, 6) is 0. The van der Waals surface area contributed by atoms with E-state index in [1.807, 2.05) is 36.4 Å². The number of rotatable bonds is 1. The molecule has 4 heterocycles. The van der Waals surface area contributed by atoms with Gasteiger partial charge in [0.15, 0.2) is 0 Å². The first-order valence-electron chi connectivity index (χ1n) is 9.74. The molecule has 6 aromatic rings. The Balaban J connectivity index is 0.000000115. The first-order chi connectivity index (χ1) is 15.7. The number of thiophene rings is 2. The van der Waals surface area contributed by atoms with Crippen LogP contribution < -0.4 is 11.3 Å². The fourth-order valence-corrected chi connectivity index (χ4v) is 4.44. The van der Waals surface area contributed by atoms with Gasteiger partial charge in [0.2, 0.25) is 0 Å². The number of para-hydroxylation sites is 2. The van der Waals surface area contributed by atoms with Crippen molar-refractivity contribution in [1.29, 1.82) is 0 Å². The average molecular weight is 459 g/mol. The van der Waals surface area contributed by atoms with Crippen molar-refractivity contribution in [2.75, 3.05) is 0 Å². The van der Waals surface area contributed by atoms with E-state index in [9.17, 15) is 9.59 Å². The van der Waals surface area contributed by atoms with E-state index in [1.54, 1.807) is 46.9 Å². The predicted molar refractivity (Wildman–Crippen MR) is 133 cm³/mol. The van der Waals surface area contributed by atoms with Crippen LogP contribution in [0.4, 0.5) is 0 Å². The lowest BCUT2D eigenvalue weighted by Crippen LogP contribution is -1.93. The molecule has 6 heteroatoms. The lowest BCUT2D eigenvalue weighted by atomic mass is 10.2. The standard InChI is InChI=1S/2C9H6O2.C8H6S2/c2*10-9-6-5-7-3-1-2-4-8(7)11-9;1-3-7(9-5-1)8-4-2-6-10-8/h2*1-6H;1-6H. The maximum atomic E-state index is 10.7. The van der Waals surface area contributed by atoms with Crippen molar-refractivity contribution >= 4 is 44.6 Å². The Morgan fingerprint density at radius 3 is 1.31 bits per heavy atom.